The van der Waals surface area contributed by atoms with Gasteiger partial charge in [-0.1, -0.05) is 19.3 Å². The van der Waals surface area contributed by atoms with Gasteiger partial charge in [-0.25, -0.2) is 0 Å². The maximum Gasteiger partial charge on any atom is 0.191 e. The SMILES string of the molecule is CN=C(NCC(C1CCOC1)N1CCOCC1)NC1CCCCC1.I. The average molecular weight is 466 g/mol. The van der Waals surface area contributed by atoms with Gasteiger partial charge in [0.25, 0.3) is 0 Å². The number of nitrogens with one attached hydrogen (secondary N) is 2. The molecule has 2 aliphatic heterocycles. The Bertz CT molecular complexity index is 393. The molecule has 2 N–H and O–H groups in total. The number of hydrogen-bond donors (Lipinski definition) is 2. The summed E-state index contributed by atoms with van der Waals surface area (Å²) in [5.41, 5.74) is 0. The van der Waals surface area contributed by atoms with Crippen LogP contribution in [0.15, 0.2) is 4.99 Å². The first-order valence-corrected chi connectivity index (χ1v) is 9.73. The number of rotatable bonds is 5. The Morgan fingerprint density at radius 2 is 1.84 bits per heavy atom. The van der Waals surface area contributed by atoms with Gasteiger partial charge in [-0.15, -0.1) is 24.0 Å². The fraction of sp³-hybridized carbons (Fsp3) is 0.944. The minimum atomic E-state index is 0. The van der Waals surface area contributed by atoms with E-state index in [9.17, 15) is 0 Å². The molecule has 2 atom stereocenters. The molecular formula is C18H35IN4O2. The molecule has 1 saturated carbocycles. The molecule has 146 valence electrons. The van der Waals surface area contributed by atoms with Crippen LogP contribution in [-0.2, 0) is 9.47 Å². The molecule has 0 amide bonds. The minimum Gasteiger partial charge on any atom is -0.381 e. The third-order valence-corrected chi connectivity index (χ3v) is 5.67. The molecule has 25 heavy (non-hydrogen) atoms. The van der Waals surface area contributed by atoms with Crippen LogP contribution in [0.2, 0.25) is 0 Å². The quantitative estimate of drug-likeness (QED) is 0.368. The van der Waals surface area contributed by atoms with Crippen LogP contribution in [-0.4, -0.2) is 76.1 Å². The van der Waals surface area contributed by atoms with E-state index in [2.05, 4.69) is 20.5 Å². The van der Waals surface area contributed by atoms with Crippen molar-refractivity contribution in [3.8, 4) is 0 Å². The van der Waals surface area contributed by atoms with Crippen LogP contribution < -0.4 is 10.6 Å². The molecule has 0 spiro atoms. The first kappa shape index (κ1) is 21.2. The van der Waals surface area contributed by atoms with Crippen molar-refractivity contribution in [1.29, 1.82) is 0 Å². The topological polar surface area (TPSA) is 58.1 Å². The average Bonchev–Trinajstić information content (AvgIpc) is 3.17. The van der Waals surface area contributed by atoms with Crippen molar-refractivity contribution < 1.29 is 9.47 Å². The largest absolute Gasteiger partial charge is 0.381 e. The number of halogens is 1. The fourth-order valence-corrected chi connectivity index (χ4v) is 4.20. The highest BCUT2D eigenvalue weighted by Crippen LogP contribution is 2.22. The van der Waals surface area contributed by atoms with Gasteiger partial charge >= 0.3 is 0 Å². The predicted molar refractivity (Wildman–Crippen MR) is 112 cm³/mol. The van der Waals surface area contributed by atoms with Crippen LogP contribution >= 0.6 is 24.0 Å². The van der Waals surface area contributed by atoms with E-state index in [1.165, 1.54) is 38.5 Å². The Balaban J connectivity index is 0.00000225. The third kappa shape index (κ3) is 6.52. The van der Waals surface area contributed by atoms with E-state index in [4.69, 9.17) is 9.47 Å². The molecular weight excluding hydrogens is 431 g/mol. The van der Waals surface area contributed by atoms with Crippen molar-refractivity contribution in [2.24, 2.45) is 10.9 Å². The van der Waals surface area contributed by atoms with E-state index in [-0.39, 0.29) is 24.0 Å². The summed E-state index contributed by atoms with van der Waals surface area (Å²) in [5.74, 6) is 1.57. The Morgan fingerprint density at radius 1 is 1.08 bits per heavy atom. The first-order valence-electron chi connectivity index (χ1n) is 9.73. The molecule has 3 aliphatic rings. The molecule has 0 aromatic heterocycles. The second kappa shape index (κ2) is 11.6. The van der Waals surface area contributed by atoms with Crippen LogP contribution in [0, 0.1) is 5.92 Å². The van der Waals surface area contributed by atoms with E-state index in [1.54, 1.807) is 0 Å². The van der Waals surface area contributed by atoms with Crippen molar-refractivity contribution in [2.45, 2.75) is 50.6 Å². The van der Waals surface area contributed by atoms with Crippen molar-refractivity contribution in [3.63, 3.8) is 0 Å². The van der Waals surface area contributed by atoms with Gasteiger partial charge in [0.2, 0.25) is 0 Å². The first-order chi connectivity index (χ1) is 11.9. The van der Waals surface area contributed by atoms with Crippen LogP contribution in [0.3, 0.4) is 0 Å². The number of nitrogens with zero attached hydrogens (tertiary/aromatic N) is 2. The Morgan fingerprint density at radius 3 is 2.48 bits per heavy atom. The molecule has 0 aromatic rings. The molecule has 2 unspecified atom stereocenters. The number of ether oxygens (including phenoxy) is 2. The third-order valence-electron chi connectivity index (χ3n) is 5.67. The lowest BCUT2D eigenvalue weighted by Gasteiger charge is -2.38. The maximum absolute atomic E-state index is 5.65. The Labute approximate surface area is 169 Å². The standard InChI is InChI=1S/C18H34N4O2.HI/c1-19-18(21-16-5-3-2-4-6-16)20-13-17(15-7-10-24-14-15)22-8-11-23-12-9-22;/h15-17H,2-14H2,1H3,(H2,19,20,21);1H. The summed E-state index contributed by atoms with van der Waals surface area (Å²) in [6, 6.07) is 1.09. The van der Waals surface area contributed by atoms with Gasteiger partial charge in [0, 0.05) is 51.3 Å². The highest BCUT2D eigenvalue weighted by Gasteiger charge is 2.31. The van der Waals surface area contributed by atoms with Crippen LogP contribution in [0.1, 0.15) is 38.5 Å². The van der Waals surface area contributed by atoms with Crippen molar-refractivity contribution >= 4 is 29.9 Å². The molecule has 0 radical (unpaired) electrons. The van der Waals surface area contributed by atoms with Crippen LogP contribution in [0.25, 0.3) is 0 Å². The van der Waals surface area contributed by atoms with Gasteiger partial charge in [0.1, 0.15) is 0 Å². The van der Waals surface area contributed by atoms with Gasteiger partial charge < -0.3 is 20.1 Å². The van der Waals surface area contributed by atoms with Gasteiger partial charge in [-0.2, -0.15) is 0 Å². The fourth-order valence-electron chi connectivity index (χ4n) is 4.20. The Kier molecular flexibility index (Phi) is 9.80. The highest BCUT2D eigenvalue weighted by atomic mass is 127. The smallest absolute Gasteiger partial charge is 0.191 e. The van der Waals surface area contributed by atoms with E-state index in [0.717, 1.165) is 52.0 Å². The van der Waals surface area contributed by atoms with Crippen molar-refractivity contribution in [3.05, 3.63) is 0 Å². The monoisotopic (exact) mass is 466 g/mol. The van der Waals surface area contributed by atoms with E-state index in [0.29, 0.717) is 18.0 Å². The summed E-state index contributed by atoms with van der Waals surface area (Å²) in [6.07, 6.45) is 7.76. The summed E-state index contributed by atoms with van der Waals surface area (Å²) in [6.45, 7) is 6.46. The van der Waals surface area contributed by atoms with E-state index < -0.39 is 0 Å². The summed E-state index contributed by atoms with van der Waals surface area (Å²) < 4.78 is 11.2. The van der Waals surface area contributed by atoms with Gasteiger partial charge in [-0.3, -0.25) is 9.89 Å². The normalized spacial score (nSPS) is 27.6. The lowest BCUT2D eigenvalue weighted by molar-refractivity contribution is 0.00245. The molecule has 3 rings (SSSR count). The van der Waals surface area contributed by atoms with Gasteiger partial charge in [0.05, 0.1) is 19.8 Å². The second-order valence-corrected chi connectivity index (χ2v) is 7.27. The lowest BCUT2D eigenvalue weighted by atomic mass is 9.95. The summed E-state index contributed by atoms with van der Waals surface area (Å²) in [5, 5.41) is 7.21. The molecule has 0 aromatic carbocycles. The zero-order valence-corrected chi connectivity index (χ0v) is 17.9. The van der Waals surface area contributed by atoms with Crippen LogP contribution in [0.5, 0.6) is 0 Å². The lowest BCUT2D eigenvalue weighted by Crippen LogP contribution is -2.54. The second-order valence-electron chi connectivity index (χ2n) is 7.27. The van der Waals surface area contributed by atoms with Gasteiger partial charge in [-0.05, 0) is 19.3 Å². The zero-order chi connectivity index (χ0) is 16.6. The molecule has 0 bridgehead atoms. The van der Waals surface area contributed by atoms with Crippen LogP contribution in [0.4, 0.5) is 0 Å². The minimum absolute atomic E-state index is 0. The predicted octanol–water partition coefficient (Wildman–Crippen LogP) is 1.84. The van der Waals surface area contributed by atoms with E-state index >= 15 is 0 Å². The highest BCUT2D eigenvalue weighted by molar-refractivity contribution is 14.0. The van der Waals surface area contributed by atoms with Gasteiger partial charge in [0.15, 0.2) is 5.96 Å². The van der Waals surface area contributed by atoms with Crippen molar-refractivity contribution in [2.75, 3.05) is 53.1 Å². The molecule has 2 saturated heterocycles. The number of hydrogen-bond acceptors (Lipinski definition) is 4. The molecule has 6 nitrogen and oxygen atoms in total. The molecule has 3 fully saturated rings. The molecule has 1 aliphatic carbocycles. The zero-order valence-electron chi connectivity index (χ0n) is 15.5. The maximum atomic E-state index is 5.65. The van der Waals surface area contributed by atoms with Crippen molar-refractivity contribution in [1.82, 2.24) is 15.5 Å². The number of aliphatic imine (C=N–C) groups is 1. The summed E-state index contributed by atoms with van der Waals surface area (Å²) in [7, 11) is 1.88. The molecule has 7 heteroatoms. The number of morpholine rings is 1. The Hall–Kier alpha value is -0.120. The van der Waals surface area contributed by atoms with E-state index in [1.807, 2.05) is 7.05 Å². The number of guanidine groups is 1. The summed E-state index contributed by atoms with van der Waals surface area (Å²) in [4.78, 5) is 7.02. The molecule has 2 heterocycles. The summed E-state index contributed by atoms with van der Waals surface area (Å²) >= 11 is 0.